The quantitative estimate of drug-likeness (QED) is 0.489. The monoisotopic (exact) mass is 328 g/mol. The fourth-order valence-corrected chi connectivity index (χ4v) is 2.53. The van der Waals surface area contributed by atoms with E-state index < -0.39 is 11.8 Å². The molecule has 24 heavy (non-hydrogen) atoms. The molecule has 1 saturated heterocycles. The van der Waals surface area contributed by atoms with E-state index in [2.05, 4.69) is 15.8 Å². The summed E-state index contributed by atoms with van der Waals surface area (Å²) in [6.07, 6.45) is 3.33. The fourth-order valence-electron chi connectivity index (χ4n) is 2.53. The lowest BCUT2D eigenvalue weighted by atomic mass is 10.1. The molecule has 3 amide bonds. The van der Waals surface area contributed by atoms with Crippen LogP contribution in [0.25, 0.3) is 0 Å². The van der Waals surface area contributed by atoms with Gasteiger partial charge in [0.25, 0.3) is 0 Å². The Hall–Kier alpha value is -2.70. The summed E-state index contributed by atoms with van der Waals surface area (Å²) in [5.74, 6) is -1.28. The summed E-state index contributed by atoms with van der Waals surface area (Å²) in [6.45, 7) is 2.49. The van der Waals surface area contributed by atoms with Gasteiger partial charge in [-0.25, -0.2) is 5.43 Å². The number of nitrogens with zero attached hydrogens (tertiary/aromatic N) is 2. The van der Waals surface area contributed by atoms with Crippen LogP contribution in [0, 0.1) is 0 Å². The third kappa shape index (κ3) is 3.79. The first-order chi connectivity index (χ1) is 11.5. The molecule has 126 valence electrons. The Kier molecular flexibility index (Phi) is 4.59. The molecule has 0 radical (unpaired) electrons. The van der Waals surface area contributed by atoms with E-state index in [1.807, 2.05) is 24.3 Å². The van der Waals surface area contributed by atoms with Crippen molar-refractivity contribution >= 4 is 29.1 Å². The van der Waals surface area contributed by atoms with Gasteiger partial charge in [0.2, 0.25) is 5.91 Å². The first-order valence-corrected chi connectivity index (χ1v) is 8.10. The summed E-state index contributed by atoms with van der Waals surface area (Å²) < 4.78 is 0. The third-order valence-corrected chi connectivity index (χ3v) is 4.11. The van der Waals surface area contributed by atoms with Crippen LogP contribution in [-0.2, 0) is 14.4 Å². The Labute approximate surface area is 140 Å². The minimum Gasteiger partial charge on any atom is -0.345 e. The van der Waals surface area contributed by atoms with Gasteiger partial charge in [0, 0.05) is 24.7 Å². The molecule has 0 bridgehead atoms. The zero-order chi connectivity index (χ0) is 17.1. The smallest absolute Gasteiger partial charge is 0.329 e. The molecule has 3 rings (SSSR count). The molecule has 2 fully saturated rings. The molecule has 2 aliphatic rings. The molecule has 0 spiro atoms. The van der Waals surface area contributed by atoms with Crippen molar-refractivity contribution in [2.24, 2.45) is 5.10 Å². The normalized spacial score (nSPS) is 17.8. The van der Waals surface area contributed by atoms with E-state index in [4.69, 9.17) is 0 Å². The van der Waals surface area contributed by atoms with E-state index in [0.29, 0.717) is 12.1 Å². The van der Waals surface area contributed by atoms with Gasteiger partial charge in [0.15, 0.2) is 0 Å². The molecule has 1 aliphatic carbocycles. The lowest BCUT2D eigenvalue weighted by molar-refractivity contribution is -0.139. The van der Waals surface area contributed by atoms with Crippen molar-refractivity contribution in [2.75, 3.05) is 11.4 Å². The zero-order valence-electron chi connectivity index (χ0n) is 13.5. The number of nitrogens with one attached hydrogen (secondary N) is 2. The molecule has 0 atom stereocenters. The lowest BCUT2D eigenvalue weighted by Gasteiger charge is -2.15. The van der Waals surface area contributed by atoms with Crippen LogP contribution in [0.2, 0.25) is 0 Å². The molecule has 0 unspecified atom stereocenters. The van der Waals surface area contributed by atoms with Crippen molar-refractivity contribution in [2.45, 2.75) is 38.6 Å². The van der Waals surface area contributed by atoms with Crippen molar-refractivity contribution < 1.29 is 14.4 Å². The predicted octanol–water partition coefficient (Wildman–Crippen LogP) is 0.932. The standard InChI is InChI=1S/C17H20N4O3/c1-11(19-20-17(24)16(23)18-13-6-7-13)12-4-8-14(9-5-12)21-10-2-3-15(21)22/h4-5,8-9,13H,2-3,6-7,10H2,1H3,(H,18,23)(H,20,24)/b19-11-. The zero-order valence-corrected chi connectivity index (χ0v) is 13.5. The predicted molar refractivity (Wildman–Crippen MR) is 89.5 cm³/mol. The van der Waals surface area contributed by atoms with E-state index in [0.717, 1.165) is 37.1 Å². The summed E-state index contributed by atoms with van der Waals surface area (Å²) in [4.78, 5) is 36.7. The molecule has 1 saturated carbocycles. The Morgan fingerprint density at radius 1 is 1.17 bits per heavy atom. The van der Waals surface area contributed by atoms with Gasteiger partial charge in [-0.05, 0) is 43.9 Å². The lowest BCUT2D eigenvalue weighted by Crippen LogP contribution is -2.39. The molecule has 7 heteroatoms. The second-order valence-electron chi connectivity index (χ2n) is 6.08. The minimum absolute atomic E-state index is 0.133. The van der Waals surface area contributed by atoms with Gasteiger partial charge < -0.3 is 10.2 Å². The van der Waals surface area contributed by atoms with Gasteiger partial charge >= 0.3 is 11.8 Å². The molecule has 1 aromatic rings. The molecule has 2 N–H and O–H groups in total. The Balaban J connectivity index is 1.59. The highest BCUT2D eigenvalue weighted by molar-refractivity contribution is 6.35. The summed E-state index contributed by atoms with van der Waals surface area (Å²) in [5, 5.41) is 6.56. The average molecular weight is 328 g/mol. The topological polar surface area (TPSA) is 90.9 Å². The number of anilines is 1. The summed E-state index contributed by atoms with van der Waals surface area (Å²) in [6, 6.07) is 7.54. The number of hydrogen-bond acceptors (Lipinski definition) is 4. The SMILES string of the molecule is C/C(=N/NC(=O)C(=O)NC1CC1)c1ccc(N2CCCC2=O)cc1. The van der Waals surface area contributed by atoms with Crippen LogP contribution in [0.5, 0.6) is 0 Å². The molecule has 1 aromatic carbocycles. The second-order valence-corrected chi connectivity index (χ2v) is 6.08. The Morgan fingerprint density at radius 2 is 1.88 bits per heavy atom. The van der Waals surface area contributed by atoms with Crippen LogP contribution in [0.15, 0.2) is 29.4 Å². The van der Waals surface area contributed by atoms with Crippen LogP contribution in [0.3, 0.4) is 0 Å². The van der Waals surface area contributed by atoms with Gasteiger partial charge in [0.05, 0.1) is 5.71 Å². The number of benzene rings is 1. The molecule has 1 heterocycles. The Bertz CT molecular complexity index is 692. The first-order valence-electron chi connectivity index (χ1n) is 8.10. The van der Waals surface area contributed by atoms with Crippen molar-refractivity contribution in [3.05, 3.63) is 29.8 Å². The fraction of sp³-hybridized carbons (Fsp3) is 0.412. The number of hydrogen-bond donors (Lipinski definition) is 2. The maximum Gasteiger partial charge on any atom is 0.329 e. The summed E-state index contributed by atoms with van der Waals surface area (Å²) in [7, 11) is 0. The number of rotatable bonds is 4. The van der Waals surface area contributed by atoms with Crippen LogP contribution in [-0.4, -0.2) is 36.0 Å². The van der Waals surface area contributed by atoms with E-state index in [-0.39, 0.29) is 11.9 Å². The van der Waals surface area contributed by atoms with E-state index >= 15 is 0 Å². The van der Waals surface area contributed by atoms with Crippen LogP contribution in [0.4, 0.5) is 5.69 Å². The van der Waals surface area contributed by atoms with Gasteiger partial charge in [-0.15, -0.1) is 0 Å². The van der Waals surface area contributed by atoms with E-state index in [1.54, 1.807) is 11.8 Å². The maximum atomic E-state index is 11.7. The van der Waals surface area contributed by atoms with Crippen molar-refractivity contribution in [1.82, 2.24) is 10.7 Å². The van der Waals surface area contributed by atoms with Crippen LogP contribution in [0.1, 0.15) is 38.2 Å². The average Bonchev–Trinajstić information content (AvgIpc) is 3.30. The highest BCUT2D eigenvalue weighted by Gasteiger charge is 2.26. The molecule has 1 aliphatic heterocycles. The summed E-state index contributed by atoms with van der Waals surface area (Å²) >= 11 is 0. The minimum atomic E-state index is -0.763. The van der Waals surface area contributed by atoms with Gasteiger partial charge in [-0.3, -0.25) is 14.4 Å². The van der Waals surface area contributed by atoms with Crippen molar-refractivity contribution in [3.63, 3.8) is 0 Å². The third-order valence-electron chi connectivity index (χ3n) is 4.11. The van der Waals surface area contributed by atoms with Crippen molar-refractivity contribution in [3.8, 4) is 0 Å². The highest BCUT2D eigenvalue weighted by atomic mass is 16.2. The second kappa shape index (κ2) is 6.82. The van der Waals surface area contributed by atoms with Crippen molar-refractivity contribution in [1.29, 1.82) is 0 Å². The Morgan fingerprint density at radius 3 is 2.46 bits per heavy atom. The summed E-state index contributed by atoms with van der Waals surface area (Å²) in [5.41, 5.74) is 4.52. The number of amides is 3. The van der Waals surface area contributed by atoms with Crippen LogP contribution >= 0.6 is 0 Å². The van der Waals surface area contributed by atoms with Crippen LogP contribution < -0.4 is 15.6 Å². The molecular formula is C17H20N4O3. The molecular weight excluding hydrogens is 308 g/mol. The van der Waals surface area contributed by atoms with Gasteiger partial charge in [0.1, 0.15) is 0 Å². The molecule has 7 nitrogen and oxygen atoms in total. The number of hydrazone groups is 1. The van der Waals surface area contributed by atoms with Gasteiger partial charge in [-0.2, -0.15) is 5.10 Å². The number of carbonyl (C=O) groups is 3. The molecule has 0 aromatic heterocycles. The first kappa shape index (κ1) is 16.2. The van der Waals surface area contributed by atoms with Gasteiger partial charge in [-0.1, -0.05) is 12.1 Å². The van der Waals surface area contributed by atoms with E-state index in [1.165, 1.54) is 0 Å². The maximum absolute atomic E-state index is 11.7. The largest absolute Gasteiger partial charge is 0.345 e. The number of carbonyl (C=O) groups excluding carboxylic acids is 3. The highest BCUT2D eigenvalue weighted by Crippen LogP contribution is 2.21. The van der Waals surface area contributed by atoms with E-state index in [9.17, 15) is 14.4 Å².